The molecular formula is C24H40ClN3O3. The van der Waals surface area contributed by atoms with Gasteiger partial charge < -0.3 is 25.0 Å². The van der Waals surface area contributed by atoms with Gasteiger partial charge in [-0.2, -0.15) is 0 Å². The first kappa shape index (κ1) is 27.4. The number of nitrogens with zero attached hydrogens (tertiary/aromatic N) is 1. The van der Waals surface area contributed by atoms with Crippen molar-refractivity contribution < 1.29 is 14.3 Å². The first-order valence-corrected chi connectivity index (χ1v) is 11.7. The molecule has 0 aliphatic rings. The summed E-state index contributed by atoms with van der Waals surface area (Å²) in [6.45, 7) is 11.5. The number of carbonyl (C=O) groups is 1. The van der Waals surface area contributed by atoms with E-state index in [-0.39, 0.29) is 5.91 Å². The van der Waals surface area contributed by atoms with Gasteiger partial charge in [-0.15, -0.1) is 11.6 Å². The smallest absolute Gasteiger partial charge is 0.246 e. The van der Waals surface area contributed by atoms with Crippen molar-refractivity contribution in [2.45, 2.75) is 39.2 Å². The van der Waals surface area contributed by atoms with Crippen LogP contribution in [0.5, 0.6) is 0 Å². The van der Waals surface area contributed by atoms with Gasteiger partial charge in [0.15, 0.2) is 0 Å². The summed E-state index contributed by atoms with van der Waals surface area (Å²) in [6.07, 6.45) is 3.82. The Morgan fingerprint density at radius 3 is 2.16 bits per heavy atom. The van der Waals surface area contributed by atoms with Crippen LogP contribution in [0, 0.1) is 0 Å². The van der Waals surface area contributed by atoms with Gasteiger partial charge in [0.1, 0.15) is 0 Å². The number of unbranched alkanes of at least 4 members (excludes halogenated alkanes) is 1. The van der Waals surface area contributed by atoms with Crippen molar-refractivity contribution in [2.24, 2.45) is 0 Å². The van der Waals surface area contributed by atoms with Crippen LogP contribution in [-0.4, -0.2) is 64.9 Å². The molecule has 176 valence electrons. The SMILES string of the molecule is C=C(C)C(=O)NCCCOCCCCOCCCNCc1ccc(N(C)CCCl)cc1. The van der Waals surface area contributed by atoms with E-state index in [1.165, 1.54) is 11.3 Å². The highest BCUT2D eigenvalue weighted by molar-refractivity contribution is 6.18. The lowest BCUT2D eigenvalue weighted by Gasteiger charge is -2.18. The van der Waals surface area contributed by atoms with Gasteiger partial charge in [0.2, 0.25) is 5.91 Å². The van der Waals surface area contributed by atoms with Gasteiger partial charge >= 0.3 is 0 Å². The number of alkyl halides is 1. The molecule has 0 fully saturated rings. The summed E-state index contributed by atoms with van der Waals surface area (Å²) in [6, 6.07) is 8.59. The van der Waals surface area contributed by atoms with Gasteiger partial charge in [0.05, 0.1) is 0 Å². The summed E-state index contributed by atoms with van der Waals surface area (Å²) in [5.41, 5.74) is 3.01. The maximum Gasteiger partial charge on any atom is 0.246 e. The van der Waals surface area contributed by atoms with Crippen molar-refractivity contribution in [3.8, 4) is 0 Å². The molecule has 0 spiro atoms. The Balaban J connectivity index is 1.86. The van der Waals surface area contributed by atoms with Crippen molar-refractivity contribution in [3.05, 3.63) is 42.0 Å². The van der Waals surface area contributed by atoms with E-state index in [9.17, 15) is 4.79 Å². The van der Waals surface area contributed by atoms with Crippen LogP contribution < -0.4 is 15.5 Å². The number of amides is 1. The molecule has 0 saturated heterocycles. The third kappa shape index (κ3) is 14.2. The van der Waals surface area contributed by atoms with Crippen molar-refractivity contribution in [2.75, 3.05) is 63.9 Å². The third-order valence-corrected chi connectivity index (χ3v) is 4.90. The second-order valence-corrected chi connectivity index (χ2v) is 8.01. The van der Waals surface area contributed by atoms with Crippen molar-refractivity contribution in [1.82, 2.24) is 10.6 Å². The molecule has 1 rings (SSSR count). The third-order valence-electron chi connectivity index (χ3n) is 4.73. The van der Waals surface area contributed by atoms with Crippen LogP contribution in [0.4, 0.5) is 5.69 Å². The normalized spacial score (nSPS) is 10.8. The fourth-order valence-corrected chi connectivity index (χ4v) is 3.05. The van der Waals surface area contributed by atoms with E-state index < -0.39 is 0 Å². The quantitative estimate of drug-likeness (QED) is 0.190. The minimum Gasteiger partial charge on any atom is -0.381 e. The van der Waals surface area contributed by atoms with Crippen molar-refractivity contribution >= 4 is 23.2 Å². The number of benzene rings is 1. The molecule has 7 heteroatoms. The Labute approximate surface area is 193 Å². The zero-order valence-corrected chi connectivity index (χ0v) is 20.0. The number of halogens is 1. The molecule has 0 radical (unpaired) electrons. The van der Waals surface area contributed by atoms with E-state index in [4.69, 9.17) is 21.1 Å². The zero-order chi connectivity index (χ0) is 22.7. The highest BCUT2D eigenvalue weighted by atomic mass is 35.5. The predicted molar refractivity (Wildman–Crippen MR) is 130 cm³/mol. The van der Waals surface area contributed by atoms with Gasteiger partial charge in [-0.3, -0.25) is 4.79 Å². The summed E-state index contributed by atoms with van der Waals surface area (Å²) < 4.78 is 11.2. The Bertz CT molecular complexity index is 611. The van der Waals surface area contributed by atoms with Crippen LogP contribution in [0.2, 0.25) is 0 Å². The van der Waals surface area contributed by atoms with Gasteiger partial charge in [-0.1, -0.05) is 18.7 Å². The van der Waals surface area contributed by atoms with Crippen LogP contribution in [0.3, 0.4) is 0 Å². The van der Waals surface area contributed by atoms with E-state index in [1.807, 2.05) is 0 Å². The van der Waals surface area contributed by atoms with Crippen LogP contribution >= 0.6 is 11.6 Å². The van der Waals surface area contributed by atoms with Gasteiger partial charge in [0, 0.05) is 70.2 Å². The van der Waals surface area contributed by atoms with Crippen LogP contribution in [0.15, 0.2) is 36.4 Å². The summed E-state index contributed by atoms with van der Waals surface area (Å²) in [4.78, 5) is 13.5. The molecule has 0 unspecified atom stereocenters. The molecule has 1 aromatic rings. The first-order valence-electron chi connectivity index (χ1n) is 11.2. The summed E-state index contributed by atoms with van der Waals surface area (Å²) >= 11 is 5.79. The molecule has 31 heavy (non-hydrogen) atoms. The Hall–Kier alpha value is -1.60. The molecule has 1 amide bonds. The van der Waals surface area contributed by atoms with Crippen LogP contribution in [-0.2, 0) is 20.8 Å². The Morgan fingerprint density at radius 1 is 1.00 bits per heavy atom. The molecular weight excluding hydrogens is 414 g/mol. The summed E-state index contributed by atoms with van der Waals surface area (Å²) in [5, 5.41) is 6.25. The molecule has 0 aliphatic carbocycles. The van der Waals surface area contributed by atoms with Gasteiger partial charge in [0.25, 0.3) is 0 Å². The van der Waals surface area contributed by atoms with Crippen LogP contribution in [0.25, 0.3) is 0 Å². The monoisotopic (exact) mass is 453 g/mol. The highest BCUT2D eigenvalue weighted by Gasteiger charge is 2.01. The summed E-state index contributed by atoms with van der Waals surface area (Å²) in [7, 11) is 2.05. The minimum atomic E-state index is -0.0899. The zero-order valence-electron chi connectivity index (χ0n) is 19.3. The van der Waals surface area contributed by atoms with Crippen molar-refractivity contribution in [1.29, 1.82) is 0 Å². The maximum atomic E-state index is 11.3. The van der Waals surface area contributed by atoms with Gasteiger partial charge in [-0.05, 0) is 56.8 Å². The van der Waals surface area contributed by atoms with Crippen molar-refractivity contribution in [3.63, 3.8) is 0 Å². The Morgan fingerprint density at radius 2 is 1.58 bits per heavy atom. The number of anilines is 1. The number of hydrogen-bond donors (Lipinski definition) is 2. The lowest BCUT2D eigenvalue weighted by molar-refractivity contribution is -0.117. The fourth-order valence-electron chi connectivity index (χ4n) is 2.80. The molecule has 1 aromatic carbocycles. The highest BCUT2D eigenvalue weighted by Crippen LogP contribution is 2.13. The maximum absolute atomic E-state index is 11.3. The predicted octanol–water partition coefficient (Wildman–Crippen LogP) is 3.74. The number of carbonyl (C=O) groups excluding carboxylic acids is 1. The largest absolute Gasteiger partial charge is 0.381 e. The van der Waals surface area contributed by atoms with Crippen LogP contribution in [0.1, 0.15) is 38.2 Å². The fraction of sp³-hybridized carbons (Fsp3) is 0.625. The topological polar surface area (TPSA) is 62.8 Å². The van der Waals surface area contributed by atoms with E-state index in [1.54, 1.807) is 6.92 Å². The number of hydrogen-bond acceptors (Lipinski definition) is 5. The second-order valence-electron chi connectivity index (χ2n) is 7.63. The summed E-state index contributed by atoms with van der Waals surface area (Å²) in [5.74, 6) is 0.543. The number of rotatable bonds is 19. The number of ether oxygens (including phenoxy) is 2. The molecule has 0 atom stereocenters. The first-order chi connectivity index (χ1) is 15.0. The van der Waals surface area contributed by atoms with E-state index in [0.29, 0.717) is 24.6 Å². The lowest BCUT2D eigenvalue weighted by atomic mass is 10.2. The number of nitrogens with one attached hydrogen (secondary N) is 2. The molecule has 0 aliphatic heterocycles. The molecule has 6 nitrogen and oxygen atoms in total. The minimum absolute atomic E-state index is 0.0899. The molecule has 0 heterocycles. The van der Waals surface area contributed by atoms with E-state index in [0.717, 1.165) is 65.1 Å². The average molecular weight is 454 g/mol. The molecule has 0 aromatic heterocycles. The molecule has 2 N–H and O–H groups in total. The average Bonchev–Trinajstić information content (AvgIpc) is 2.76. The van der Waals surface area contributed by atoms with Gasteiger partial charge in [-0.25, -0.2) is 0 Å². The standard InChI is InChI=1S/C24H40ClN3O3/c1-21(2)24(29)27-14-7-19-31-17-5-4-16-30-18-6-13-26-20-22-8-10-23(11-9-22)28(3)15-12-25/h8-11,26H,1,4-7,12-20H2,2-3H3,(H,27,29). The molecule has 0 bridgehead atoms. The second kappa shape index (κ2) is 18.0. The van der Waals surface area contributed by atoms with E-state index in [2.05, 4.69) is 53.4 Å². The Kier molecular flexibility index (Phi) is 15.9. The molecule has 0 saturated carbocycles. The van der Waals surface area contributed by atoms with E-state index >= 15 is 0 Å². The lowest BCUT2D eigenvalue weighted by Crippen LogP contribution is -2.25.